The second-order valence-electron chi connectivity index (χ2n) is 5.32. The Hall–Kier alpha value is -2.76. The molecule has 0 atom stereocenters. The van der Waals surface area contributed by atoms with Gasteiger partial charge >= 0.3 is 0 Å². The van der Waals surface area contributed by atoms with E-state index in [9.17, 15) is 18.4 Å². The largest absolute Gasteiger partial charge is 0.333 e. The van der Waals surface area contributed by atoms with Crippen LogP contribution in [0.15, 0.2) is 48.5 Å². The van der Waals surface area contributed by atoms with Crippen molar-refractivity contribution in [2.24, 2.45) is 0 Å². The van der Waals surface area contributed by atoms with Gasteiger partial charge in [-0.15, -0.1) is 0 Å². The molecule has 0 heterocycles. The van der Waals surface area contributed by atoms with Gasteiger partial charge in [-0.3, -0.25) is 9.59 Å². The van der Waals surface area contributed by atoms with Crippen molar-refractivity contribution in [3.8, 4) is 0 Å². The van der Waals surface area contributed by atoms with Crippen LogP contribution in [0.5, 0.6) is 0 Å². The number of nitrogens with one attached hydrogen (secondary N) is 1. The Balaban J connectivity index is 1.97. The quantitative estimate of drug-likeness (QED) is 0.884. The van der Waals surface area contributed by atoms with E-state index in [0.29, 0.717) is 13.0 Å². The van der Waals surface area contributed by atoms with Gasteiger partial charge < -0.3 is 10.2 Å². The summed E-state index contributed by atoms with van der Waals surface area (Å²) >= 11 is 0. The summed E-state index contributed by atoms with van der Waals surface area (Å²) in [5.41, 5.74) is 0.526. The summed E-state index contributed by atoms with van der Waals surface area (Å²) in [7, 11) is 0. The average Bonchev–Trinajstić information content (AvgIpc) is 2.55. The van der Waals surface area contributed by atoms with Crippen LogP contribution in [0.25, 0.3) is 0 Å². The number of carbonyl (C=O) groups excluding carboxylic acids is 2. The maximum Gasteiger partial charge on any atom is 0.244 e. The molecule has 0 unspecified atom stereocenters. The predicted octanol–water partition coefficient (Wildman–Crippen LogP) is 2.99. The molecule has 0 aliphatic carbocycles. The summed E-state index contributed by atoms with van der Waals surface area (Å²) in [4.78, 5) is 25.0. The molecule has 6 heteroatoms. The minimum absolute atomic E-state index is 0.268. The molecule has 0 bridgehead atoms. The van der Waals surface area contributed by atoms with E-state index in [0.717, 1.165) is 17.7 Å². The molecule has 2 aromatic carbocycles. The summed E-state index contributed by atoms with van der Waals surface area (Å²) in [6.45, 7) is 1.42. The topological polar surface area (TPSA) is 49.4 Å². The standard InChI is InChI=1S/C18H18F2N2O2/c1-13(23)22(11-10-14-6-3-2-4-7-14)12-17(24)21-18-15(19)8-5-9-16(18)20/h2-9H,10-12H2,1H3,(H,21,24). The van der Waals surface area contributed by atoms with Gasteiger partial charge in [0.15, 0.2) is 0 Å². The van der Waals surface area contributed by atoms with E-state index >= 15 is 0 Å². The lowest BCUT2D eigenvalue weighted by Crippen LogP contribution is -2.38. The molecule has 4 nitrogen and oxygen atoms in total. The highest BCUT2D eigenvalue weighted by Gasteiger charge is 2.16. The number of benzene rings is 2. The van der Waals surface area contributed by atoms with Crippen LogP contribution in [0.4, 0.5) is 14.5 Å². The highest BCUT2D eigenvalue weighted by molar-refractivity contribution is 5.94. The number of rotatable bonds is 6. The Bertz CT molecular complexity index is 700. The molecular formula is C18H18F2N2O2. The van der Waals surface area contributed by atoms with Gasteiger partial charge in [-0.1, -0.05) is 36.4 Å². The fourth-order valence-electron chi connectivity index (χ4n) is 2.23. The van der Waals surface area contributed by atoms with Crippen molar-refractivity contribution in [3.05, 3.63) is 65.7 Å². The van der Waals surface area contributed by atoms with Crippen LogP contribution < -0.4 is 5.32 Å². The van der Waals surface area contributed by atoms with E-state index in [1.807, 2.05) is 30.3 Å². The van der Waals surface area contributed by atoms with E-state index in [1.54, 1.807) is 0 Å². The van der Waals surface area contributed by atoms with E-state index in [1.165, 1.54) is 17.9 Å². The summed E-state index contributed by atoms with van der Waals surface area (Å²) in [5, 5.41) is 2.18. The molecule has 2 amide bonds. The maximum absolute atomic E-state index is 13.5. The zero-order chi connectivity index (χ0) is 17.5. The first-order valence-electron chi connectivity index (χ1n) is 7.50. The summed E-state index contributed by atoms with van der Waals surface area (Å²) in [6, 6.07) is 12.8. The Morgan fingerprint density at radius 2 is 1.62 bits per heavy atom. The number of anilines is 1. The van der Waals surface area contributed by atoms with Crippen LogP contribution in [-0.2, 0) is 16.0 Å². The molecule has 0 radical (unpaired) electrons. The Morgan fingerprint density at radius 3 is 2.21 bits per heavy atom. The third kappa shape index (κ3) is 4.87. The van der Waals surface area contributed by atoms with Gasteiger partial charge in [0, 0.05) is 13.5 Å². The molecule has 0 saturated heterocycles. The number of halogens is 2. The van der Waals surface area contributed by atoms with Crippen molar-refractivity contribution in [1.82, 2.24) is 4.90 Å². The van der Waals surface area contributed by atoms with Crippen molar-refractivity contribution in [3.63, 3.8) is 0 Å². The monoisotopic (exact) mass is 332 g/mol. The molecule has 0 aliphatic rings. The van der Waals surface area contributed by atoms with Gasteiger partial charge in [-0.2, -0.15) is 0 Å². The van der Waals surface area contributed by atoms with Crippen molar-refractivity contribution in [2.75, 3.05) is 18.4 Å². The van der Waals surface area contributed by atoms with Crippen LogP contribution in [-0.4, -0.2) is 29.8 Å². The highest BCUT2D eigenvalue weighted by atomic mass is 19.1. The minimum atomic E-state index is -0.859. The SMILES string of the molecule is CC(=O)N(CCc1ccccc1)CC(=O)Nc1c(F)cccc1F. The van der Waals surface area contributed by atoms with Crippen molar-refractivity contribution < 1.29 is 18.4 Å². The van der Waals surface area contributed by atoms with E-state index in [4.69, 9.17) is 0 Å². The van der Waals surface area contributed by atoms with Crippen molar-refractivity contribution >= 4 is 17.5 Å². The van der Waals surface area contributed by atoms with Gasteiger partial charge in [0.1, 0.15) is 17.3 Å². The summed E-state index contributed by atoms with van der Waals surface area (Å²) in [5.74, 6) is -2.65. The maximum atomic E-state index is 13.5. The third-order valence-corrected chi connectivity index (χ3v) is 3.52. The fraction of sp³-hybridized carbons (Fsp3) is 0.222. The second kappa shape index (κ2) is 8.19. The van der Waals surface area contributed by atoms with Gasteiger partial charge in [0.05, 0.1) is 6.54 Å². The first-order chi connectivity index (χ1) is 11.5. The van der Waals surface area contributed by atoms with E-state index in [-0.39, 0.29) is 12.5 Å². The predicted molar refractivity (Wildman–Crippen MR) is 87.4 cm³/mol. The fourth-order valence-corrected chi connectivity index (χ4v) is 2.23. The lowest BCUT2D eigenvalue weighted by Gasteiger charge is -2.20. The normalized spacial score (nSPS) is 10.3. The highest BCUT2D eigenvalue weighted by Crippen LogP contribution is 2.17. The zero-order valence-electron chi connectivity index (χ0n) is 13.3. The van der Waals surface area contributed by atoms with Gasteiger partial charge in [-0.25, -0.2) is 8.78 Å². The van der Waals surface area contributed by atoms with Crippen LogP contribution in [0.1, 0.15) is 12.5 Å². The average molecular weight is 332 g/mol. The van der Waals surface area contributed by atoms with Crippen LogP contribution >= 0.6 is 0 Å². The number of para-hydroxylation sites is 1. The summed E-state index contributed by atoms with van der Waals surface area (Å²) in [6.07, 6.45) is 0.585. The zero-order valence-corrected chi connectivity index (χ0v) is 13.3. The number of hydrogen-bond donors (Lipinski definition) is 1. The molecule has 24 heavy (non-hydrogen) atoms. The van der Waals surface area contributed by atoms with Gasteiger partial charge in [-0.05, 0) is 24.1 Å². The molecule has 0 saturated carbocycles. The number of amides is 2. The Labute approximate surface area is 139 Å². The second-order valence-corrected chi connectivity index (χ2v) is 5.32. The first kappa shape index (κ1) is 17.6. The lowest BCUT2D eigenvalue weighted by molar-refractivity contribution is -0.132. The van der Waals surface area contributed by atoms with E-state index < -0.39 is 23.2 Å². The molecule has 0 spiro atoms. The first-order valence-corrected chi connectivity index (χ1v) is 7.50. The molecule has 0 aliphatic heterocycles. The summed E-state index contributed by atoms with van der Waals surface area (Å²) < 4.78 is 27.1. The van der Waals surface area contributed by atoms with Crippen molar-refractivity contribution in [2.45, 2.75) is 13.3 Å². The molecule has 0 fully saturated rings. The van der Waals surface area contributed by atoms with Gasteiger partial charge in [0.2, 0.25) is 11.8 Å². The minimum Gasteiger partial charge on any atom is -0.333 e. The molecule has 126 valence electrons. The number of nitrogens with zero attached hydrogens (tertiary/aromatic N) is 1. The van der Waals surface area contributed by atoms with Crippen LogP contribution in [0.3, 0.4) is 0 Å². The Morgan fingerprint density at radius 1 is 1.00 bits per heavy atom. The molecule has 2 aromatic rings. The molecule has 0 aromatic heterocycles. The molecule has 2 rings (SSSR count). The molecule has 1 N–H and O–H groups in total. The van der Waals surface area contributed by atoms with Crippen molar-refractivity contribution in [1.29, 1.82) is 0 Å². The number of hydrogen-bond acceptors (Lipinski definition) is 2. The van der Waals surface area contributed by atoms with E-state index in [2.05, 4.69) is 5.32 Å². The van der Waals surface area contributed by atoms with Crippen LogP contribution in [0.2, 0.25) is 0 Å². The lowest BCUT2D eigenvalue weighted by atomic mass is 10.1. The third-order valence-electron chi connectivity index (χ3n) is 3.52. The Kier molecular flexibility index (Phi) is 6.01. The van der Waals surface area contributed by atoms with Gasteiger partial charge in [0.25, 0.3) is 0 Å². The number of carbonyl (C=O) groups is 2. The molecular weight excluding hydrogens is 314 g/mol. The smallest absolute Gasteiger partial charge is 0.244 e. The van der Waals surface area contributed by atoms with Crippen LogP contribution in [0, 0.1) is 11.6 Å².